The summed E-state index contributed by atoms with van der Waals surface area (Å²) in [7, 11) is 0. The van der Waals surface area contributed by atoms with E-state index >= 15 is 0 Å². The molecule has 1 N–H and O–H groups in total. The molecule has 1 aromatic carbocycles. The van der Waals surface area contributed by atoms with Crippen molar-refractivity contribution in [1.82, 2.24) is 15.2 Å². The van der Waals surface area contributed by atoms with E-state index in [1.165, 1.54) is 34.9 Å². The van der Waals surface area contributed by atoms with E-state index in [-0.39, 0.29) is 5.69 Å². The van der Waals surface area contributed by atoms with Gasteiger partial charge in [-0.25, -0.2) is 9.78 Å². The van der Waals surface area contributed by atoms with Gasteiger partial charge in [-0.1, -0.05) is 47.4 Å². The Hall–Kier alpha value is -1.64. The standard InChI is InChI=1S/C13H9N3O2S3/c1-19-12-15-16-13(21-12)20-10-8-5-3-2-4-7(8)6-9(14-10)11(17)18/h2-6H,1H3,(H,17,18). The minimum absolute atomic E-state index is 0.0332. The second kappa shape index (κ2) is 6.00. The summed E-state index contributed by atoms with van der Waals surface area (Å²) in [5.41, 5.74) is 0.0332. The molecule has 0 bridgehead atoms. The maximum Gasteiger partial charge on any atom is 0.354 e. The van der Waals surface area contributed by atoms with Gasteiger partial charge >= 0.3 is 5.97 Å². The van der Waals surface area contributed by atoms with Crippen molar-refractivity contribution in [3.8, 4) is 0 Å². The molecule has 3 rings (SSSR count). The van der Waals surface area contributed by atoms with Crippen LogP contribution in [0.5, 0.6) is 0 Å². The molecule has 2 aromatic heterocycles. The second-order valence-electron chi connectivity index (χ2n) is 3.98. The zero-order chi connectivity index (χ0) is 14.8. The Bertz CT molecular complexity index is 819. The number of fused-ring (bicyclic) bond motifs is 1. The molecule has 8 heteroatoms. The first-order chi connectivity index (χ1) is 10.2. The number of thioether (sulfide) groups is 1. The zero-order valence-corrected chi connectivity index (χ0v) is 13.3. The van der Waals surface area contributed by atoms with Crippen LogP contribution in [0.15, 0.2) is 44.0 Å². The molecule has 3 aromatic rings. The maximum absolute atomic E-state index is 11.2. The monoisotopic (exact) mass is 335 g/mol. The number of aromatic nitrogens is 3. The summed E-state index contributed by atoms with van der Waals surface area (Å²) in [4.78, 5) is 15.4. The first-order valence-corrected chi connectivity index (χ1v) is 8.71. The van der Waals surface area contributed by atoms with E-state index < -0.39 is 5.97 Å². The number of pyridine rings is 1. The second-order valence-corrected chi connectivity index (χ2v) is 7.25. The fraction of sp³-hybridized carbons (Fsp3) is 0.0769. The van der Waals surface area contributed by atoms with Crippen molar-refractivity contribution in [2.24, 2.45) is 0 Å². The molecule has 0 saturated heterocycles. The summed E-state index contributed by atoms with van der Waals surface area (Å²) in [5, 5.41) is 19.7. The molecule has 0 saturated carbocycles. The highest BCUT2D eigenvalue weighted by Crippen LogP contribution is 2.35. The average molecular weight is 335 g/mol. The number of carbonyl (C=O) groups is 1. The molecule has 0 aliphatic rings. The van der Waals surface area contributed by atoms with E-state index in [1.54, 1.807) is 6.07 Å². The lowest BCUT2D eigenvalue weighted by Gasteiger charge is -2.05. The quantitative estimate of drug-likeness (QED) is 0.729. The number of hydrogen-bond acceptors (Lipinski definition) is 7. The number of nitrogens with zero attached hydrogens (tertiary/aromatic N) is 3. The third kappa shape index (κ3) is 3.02. The first-order valence-electron chi connectivity index (χ1n) is 5.86. The lowest BCUT2D eigenvalue weighted by atomic mass is 10.1. The van der Waals surface area contributed by atoms with Gasteiger partial charge in [0.25, 0.3) is 0 Å². The van der Waals surface area contributed by atoms with Crippen LogP contribution >= 0.6 is 34.9 Å². The smallest absolute Gasteiger partial charge is 0.354 e. The molecule has 21 heavy (non-hydrogen) atoms. The van der Waals surface area contributed by atoms with Gasteiger partial charge in [-0.3, -0.25) is 0 Å². The predicted molar refractivity (Wildman–Crippen MR) is 84.5 cm³/mol. The van der Waals surface area contributed by atoms with Gasteiger partial charge in [0.05, 0.1) is 0 Å². The summed E-state index contributed by atoms with van der Waals surface area (Å²) < 4.78 is 1.62. The number of carboxylic acids is 1. The maximum atomic E-state index is 11.2. The van der Waals surface area contributed by atoms with Gasteiger partial charge in [-0.15, -0.1) is 10.2 Å². The van der Waals surface area contributed by atoms with Gasteiger partial charge < -0.3 is 5.11 Å². The highest BCUT2D eigenvalue weighted by Gasteiger charge is 2.14. The Morgan fingerprint density at radius 3 is 2.71 bits per heavy atom. The Balaban J connectivity index is 2.09. The van der Waals surface area contributed by atoms with E-state index in [0.29, 0.717) is 5.03 Å². The summed E-state index contributed by atoms with van der Waals surface area (Å²) in [6.45, 7) is 0. The van der Waals surface area contributed by atoms with Crippen LogP contribution in [0.25, 0.3) is 10.8 Å². The van der Waals surface area contributed by atoms with Crippen molar-refractivity contribution in [3.63, 3.8) is 0 Å². The van der Waals surface area contributed by atoms with Crippen LogP contribution in [0.4, 0.5) is 0 Å². The highest BCUT2D eigenvalue weighted by atomic mass is 32.2. The molecular weight excluding hydrogens is 326 g/mol. The molecule has 5 nitrogen and oxygen atoms in total. The van der Waals surface area contributed by atoms with E-state index in [2.05, 4.69) is 15.2 Å². The van der Waals surface area contributed by atoms with E-state index in [9.17, 15) is 9.90 Å². The molecule has 106 valence electrons. The van der Waals surface area contributed by atoms with Crippen LogP contribution in [-0.2, 0) is 0 Å². The molecule has 0 unspecified atom stereocenters. The predicted octanol–water partition coefficient (Wildman–Crippen LogP) is 3.66. The number of aromatic carboxylic acids is 1. The molecule has 0 aliphatic heterocycles. The topological polar surface area (TPSA) is 76.0 Å². The Kier molecular flexibility index (Phi) is 4.09. The van der Waals surface area contributed by atoms with Crippen molar-refractivity contribution in [2.45, 2.75) is 13.7 Å². The number of carboxylic acid groups (broad SMARTS) is 1. The van der Waals surface area contributed by atoms with Gasteiger partial charge in [0.2, 0.25) is 0 Å². The van der Waals surface area contributed by atoms with Gasteiger partial charge in [0.1, 0.15) is 10.7 Å². The zero-order valence-electron chi connectivity index (χ0n) is 10.8. The molecule has 0 radical (unpaired) electrons. The summed E-state index contributed by atoms with van der Waals surface area (Å²) in [6.07, 6.45) is 1.94. The summed E-state index contributed by atoms with van der Waals surface area (Å²) in [6, 6.07) is 9.16. The van der Waals surface area contributed by atoms with Crippen LogP contribution in [-0.4, -0.2) is 32.5 Å². The van der Waals surface area contributed by atoms with Gasteiger partial charge in [-0.05, 0) is 29.5 Å². The molecule has 0 aliphatic carbocycles. The molecule has 0 fully saturated rings. The van der Waals surface area contributed by atoms with E-state index in [0.717, 1.165) is 19.5 Å². The highest BCUT2D eigenvalue weighted by molar-refractivity contribution is 8.03. The van der Waals surface area contributed by atoms with E-state index in [1.807, 2.05) is 30.5 Å². The van der Waals surface area contributed by atoms with Gasteiger partial charge in [0, 0.05) is 5.39 Å². The third-order valence-electron chi connectivity index (χ3n) is 2.67. The Labute approximate surface area is 132 Å². The minimum Gasteiger partial charge on any atom is -0.477 e. The number of hydrogen-bond donors (Lipinski definition) is 1. The normalized spacial score (nSPS) is 10.9. The fourth-order valence-electron chi connectivity index (χ4n) is 1.76. The number of rotatable bonds is 4. The molecule has 0 atom stereocenters. The minimum atomic E-state index is -1.04. The first kappa shape index (κ1) is 14.3. The lowest BCUT2D eigenvalue weighted by molar-refractivity contribution is 0.0690. The van der Waals surface area contributed by atoms with Gasteiger partial charge in [-0.2, -0.15) is 0 Å². The Morgan fingerprint density at radius 2 is 2.00 bits per heavy atom. The average Bonchev–Trinajstić information content (AvgIpc) is 2.94. The van der Waals surface area contributed by atoms with Gasteiger partial charge in [0.15, 0.2) is 8.68 Å². The molecular formula is C13H9N3O2S3. The van der Waals surface area contributed by atoms with Crippen LogP contribution in [0.2, 0.25) is 0 Å². The van der Waals surface area contributed by atoms with Crippen molar-refractivity contribution in [1.29, 1.82) is 0 Å². The summed E-state index contributed by atoms with van der Waals surface area (Å²) in [5.74, 6) is -1.04. The molecule has 0 amide bonds. The van der Waals surface area contributed by atoms with Crippen molar-refractivity contribution in [2.75, 3.05) is 6.26 Å². The lowest BCUT2D eigenvalue weighted by Crippen LogP contribution is -2.01. The SMILES string of the molecule is CSc1nnc(Sc2nc(C(=O)O)cc3ccccc23)s1. The van der Waals surface area contributed by atoms with Crippen LogP contribution in [0.3, 0.4) is 0 Å². The molecule has 2 heterocycles. The van der Waals surface area contributed by atoms with Crippen molar-refractivity contribution >= 4 is 51.6 Å². The van der Waals surface area contributed by atoms with Crippen molar-refractivity contribution < 1.29 is 9.90 Å². The largest absolute Gasteiger partial charge is 0.477 e. The van der Waals surface area contributed by atoms with Crippen LogP contribution in [0, 0.1) is 0 Å². The van der Waals surface area contributed by atoms with Crippen LogP contribution < -0.4 is 0 Å². The van der Waals surface area contributed by atoms with Crippen LogP contribution in [0.1, 0.15) is 10.5 Å². The third-order valence-corrected chi connectivity index (χ3v) is 5.63. The summed E-state index contributed by atoms with van der Waals surface area (Å²) >= 11 is 4.34. The fourth-order valence-corrected chi connectivity index (χ4v) is 4.25. The Morgan fingerprint density at radius 1 is 1.24 bits per heavy atom. The number of benzene rings is 1. The van der Waals surface area contributed by atoms with Crippen molar-refractivity contribution in [3.05, 3.63) is 36.0 Å². The van der Waals surface area contributed by atoms with E-state index in [4.69, 9.17) is 0 Å². The molecule has 0 spiro atoms.